The lowest BCUT2D eigenvalue weighted by Crippen LogP contribution is -2.37. The molecule has 0 spiro atoms. The first-order valence-electron chi connectivity index (χ1n) is 4.74. The lowest BCUT2D eigenvalue weighted by Gasteiger charge is -2.25. The molecule has 0 N–H and O–H groups in total. The molecule has 2 aliphatic heterocycles. The highest BCUT2D eigenvalue weighted by molar-refractivity contribution is 7.96. The van der Waals surface area contributed by atoms with Crippen molar-refractivity contribution < 1.29 is 14.3 Å². The summed E-state index contributed by atoms with van der Waals surface area (Å²) in [5, 5.41) is -0.139. The summed E-state index contributed by atoms with van der Waals surface area (Å²) in [7, 11) is 0. The Labute approximate surface area is 89.0 Å². The molecule has 0 bridgehead atoms. The summed E-state index contributed by atoms with van der Waals surface area (Å²) in [6.45, 7) is 2.92. The second kappa shape index (κ2) is 5.24. The number of ether oxygens (including phenoxy) is 1. The van der Waals surface area contributed by atoms with Gasteiger partial charge in [0.15, 0.2) is 5.12 Å². The maximum absolute atomic E-state index is 10.9. The fourth-order valence-electron chi connectivity index (χ4n) is 1.66. The number of carbonyl (C=O) groups is 2. The van der Waals surface area contributed by atoms with Crippen molar-refractivity contribution in [2.24, 2.45) is 0 Å². The monoisotopic (exact) mass is 217 g/mol. The van der Waals surface area contributed by atoms with Gasteiger partial charge < -0.3 is 9.64 Å². The number of thiol groups is 1. The van der Waals surface area contributed by atoms with Crippen LogP contribution in [-0.4, -0.2) is 35.3 Å². The second-order valence-corrected chi connectivity index (χ2v) is 4.07. The van der Waals surface area contributed by atoms with Gasteiger partial charge in [-0.25, -0.2) is 4.79 Å². The maximum atomic E-state index is 10.9. The van der Waals surface area contributed by atoms with Crippen LogP contribution < -0.4 is 0 Å². The van der Waals surface area contributed by atoms with Gasteiger partial charge in [-0.1, -0.05) is 0 Å². The molecule has 2 saturated heterocycles. The van der Waals surface area contributed by atoms with Crippen molar-refractivity contribution in [3.05, 3.63) is 0 Å². The van der Waals surface area contributed by atoms with Crippen molar-refractivity contribution in [3.63, 3.8) is 0 Å². The first kappa shape index (κ1) is 11.4. The van der Waals surface area contributed by atoms with E-state index in [-0.39, 0.29) is 11.2 Å². The van der Waals surface area contributed by atoms with Crippen LogP contribution in [-0.2, 0) is 9.53 Å². The van der Waals surface area contributed by atoms with Crippen molar-refractivity contribution in [2.45, 2.75) is 32.2 Å². The van der Waals surface area contributed by atoms with Gasteiger partial charge in [0.2, 0.25) is 0 Å². The highest BCUT2D eigenvalue weighted by atomic mass is 32.1. The predicted octanol–water partition coefficient (Wildman–Crippen LogP) is 1.45. The van der Waals surface area contributed by atoms with Gasteiger partial charge in [0, 0.05) is 13.5 Å². The normalized spacial score (nSPS) is 24.6. The molecular weight excluding hydrogens is 202 g/mol. The molecule has 1 amide bonds. The van der Waals surface area contributed by atoms with Gasteiger partial charge in [-0.2, -0.15) is 0 Å². The molecule has 2 aliphatic rings. The van der Waals surface area contributed by atoms with Crippen LogP contribution in [0.1, 0.15) is 26.2 Å². The molecule has 0 aromatic heterocycles. The largest absolute Gasteiger partial charge is 0.447 e. The van der Waals surface area contributed by atoms with E-state index in [2.05, 4.69) is 12.6 Å². The zero-order valence-electron chi connectivity index (χ0n) is 8.23. The molecule has 14 heavy (non-hydrogen) atoms. The summed E-state index contributed by atoms with van der Waals surface area (Å²) in [4.78, 5) is 22.1. The SMILES string of the molecule is CC(=O)S.O=C1OCC2CCCCN12. The smallest absolute Gasteiger partial charge is 0.410 e. The van der Waals surface area contributed by atoms with E-state index in [1.54, 1.807) is 0 Å². The van der Waals surface area contributed by atoms with E-state index in [1.807, 2.05) is 4.90 Å². The number of piperidine rings is 1. The van der Waals surface area contributed by atoms with Gasteiger partial charge in [-0.15, -0.1) is 12.6 Å². The Morgan fingerprint density at radius 1 is 1.57 bits per heavy atom. The van der Waals surface area contributed by atoms with Crippen LogP contribution in [0, 0.1) is 0 Å². The molecule has 2 heterocycles. The average molecular weight is 217 g/mol. The summed E-state index contributed by atoms with van der Waals surface area (Å²) < 4.78 is 4.89. The zero-order chi connectivity index (χ0) is 10.6. The number of cyclic esters (lactones) is 1. The predicted molar refractivity (Wildman–Crippen MR) is 55.4 cm³/mol. The number of rotatable bonds is 0. The quantitative estimate of drug-likeness (QED) is 0.625. The molecule has 1 unspecified atom stereocenters. The molecule has 80 valence electrons. The van der Waals surface area contributed by atoms with E-state index >= 15 is 0 Å². The minimum atomic E-state index is -0.139. The van der Waals surface area contributed by atoms with Crippen LogP contribution in [0.5, 0.6) is 0 Å². The Kier molecular flexibility index (Phi) is 4.25. The van der Waals surface area contributed by atoms with Gasteiger partial charge in [0.1, 0.15) is 6.61 Å². The Morgan fingerprint density at radius 3 is 2.79 bits per heavy atom. The molecule has 0 aromatic rings. The molecule has 4 nitrogen and oxygen atoms in total. The highest BCUT2D eigenvalue weighted by Crippen LogP contribution is 2.22. The highest BCUT2D eigenvalue weighted by Gasteiger charge is 2.34. The number of hydrogen-bond donors (Lipinski definition) is 1. The second-order valence-electron chi connectivity index (χ2n) is 3.44. The van der Waals surface area contributed by atoms with Gasteiger partial charge in [0.05, 0.1) is 6.04 Å². The number of hydrogen-bond acceptors (Lipinski definition) is 3. The lowest BCUT2D eigenvalue weighted by molar-refractivity contribution is -0.108. The van der Waals surface area contributed by atoms with Crippen molar-refractivity contribution >= 4 is 23.8 Å². The Balaban J connectivity index is 0.000000213. The number of nitrogens with zero attached hydrogens (tertiary/aromatic N) is 1. The van der Waals surface area contributed by atoms with Crippen LogP contribution in [0.15, 0.2) is 0 Å². The third-order valence-corrected chi connectivity index (χ3v) is 2.26. The van der Waals surface area contributed by atoms with Crippen LogP contribution in [0.2, 0.25) is 0 Å². The molecule has 0 aromatic carbocycles. The fraction of sp³-hybridized carbons (Fsp3) is 0.778. The lowest BCUT2D eigenvalue weighted by atomic mass is 10.0. The third kappa shape index (κ3) is 3.21. The molecule has 0 aliphatic carbocycles. The van der Waals surface area contributed by atoms with Crippen molar-refractivity contribution in [1.29, 1.82) is 0 Å². The van der Waals surface area contributed by atoms with Gasteiger partial charge in [-0.3, -0.25) is 4.79 Å². The summed E-state index contributed by atoms with van der Waals surface area (Å²) in [5.41, 5.74) is 0. The molecule has 2 rings (SSSR count). The Hall–Kier alpha value is -0.710. The van der Waals surface area contributed by atoms with Crippen LogP contribution in [0.4, 0.5) is 4.79 Å². The topological polar surface area (TPSA) is 46.6 Å². The first-order valence-corrected chi connectivity index (χ1v) is 5.19. The molecule has 5 heteroatoms. The number of fused-ring (bicyclic) bond motifs is 1. The summed E-state index contributed by atoms with van der Waals surface area (Å²) in [6.07, 6.45) is 3.42. The molecule has 1 atom stereocenters. The van der Waals surface area contributed by atoms with Crippen molar-refractivity contribution in [3.8, 4) is 0 Å². The van der Waals surface area contributed by atoms with Crippen LogP contribution in [0.3, 0.4) is 0 Å². The molecule has 2 fully saturated rings. The van der Waals surface area contributed by atoms with Crippen molar-refractivity contribution in [2.75, 3.05) is 13.2 Å². The van der Waals surface area contributed by atoms with Gasteiger partial charge in [0.25, 0.3) is 0 Å². The summed E-state index contributed by atoms with van der Waals surface area (Å²) in [6, 6.07) is 0.404. The molecule has 0 radical (unpaired) electrons. The Morgan fingerprint density at radius 2 is 2.21 bits per heavy atom. The van der Waals surface area contributed by atoms with E-state index in [1.165, 1.54) is 13.3 Å². The summed E-state index contributed by atoms with van der Waals surface area (Å²) in [5.74, 6) is 0. The van der Waals surface area contributed by atoms with E-state index < -0.39 is 0 Å². The van der Waals surface area contributed by atoms with Crippen LogP contribution >= 0.6 is 12.6 Å². The van der Waals surface area contributed by atoms with E-state index in [0.29, 0.717) is 12.6 Å². The Bertz CT molecular complexity index is 228. The number of amides is 1. The van der Waals surface area contributed by atoms with E-state index in [9.17, 15) is 9.59 Å². The molecule has 0 saturated carbocycles. The average Bonchev–Trinajstić information content (AvgIpc) is 2.48. The van der Waals surface area contributed by atoms with Crippen LogP contribution in [0.25, 0.3) is 0 Å². The van der Waals surface area contributed by atoms with E-state index in [0.717, 1.165) is 19.4 Å². The molecular formula is C9H15NO3S. The zero-order valence-corrected chi connectivity index (χ0v) is 9.13. The van der Waals surface area contributed by atoms with Gasteiger partial charge in [-0.05, 0) is 19.3 Å². The maximum Gasteiger partial charge on any atom is 0.410 e. The third-order valence-electron chi connectivity index (χ3n) is 2.26. The van der Waals surface area contributed by atoms with Gasteiger partial charge >= 0.3 is 6.09 Å². The van der Waals surface area contributed by atoms with E-state index in [4.69, 9.17) is 4.74 Å². The number of carbonyl (C=O) groups excluding carboxylic acids is 2. The summed E-state index contributed by atoms with van der Waals surface area (Å²) >= 11 is 3.33. The first-order chi connectivity index (χ1) is 6.61. The fourth-order valence-corrected chi connectivity index (χ4v) is 1.66. The minimum Gasteiger partial charge on any atom is -0.447 e. The van der Waals surface area contributed by atoms with Crippen molar-refractivity contribution in [1.82, 2.24) is 4.90 Å². The standard InChI is InChI=1S/C7H11NO2.C2H4OS/c9-7-8-4-2-1-3-6(8)5-10-7;1-2(3)4/h6H,1-5H2;1H3,(H,3,4). The minimum absolute atomic E-state index is 0.107.